The molecule has 84 valence electrons. The summed E-state index contributed by atoms with van der Waals surface area (Å²) in [5.41, 5.74) is 5.86. The highest BCUT2D eigenvalue weighted by Crippen LogP contribution is 2.27. The van der Waals surface area contributed by atoms with E-state index in [1.807, 2.05) is 0 Å². The number of nitrogens with zero attached hydrogens (tertiary/aromatic N) is 2. The number of hydrogen-bond donors (Lipinski definition) is 1. The molecule has 0 atom stereocenters. The lowest BCUT2D eigenvalue weighted by molar-refractivity contribution is 0.602. The van der Waals surface area contributed by atoms with Crippen molar-refractivity contribution < 1.29 is 8.78 Å². The maximum Gasteiger partial charge on any atom is 0.142 e. The number of aryl methyl sites for hydroxylation is 1. The molecule has 0 aliphatic heterocycles. The summed E-state index contributed by atoms with van der Waals surface area (Å²) in [6.45, 7) is 0. The number of anilines is 1. The number of nitrogens with two attached hydrogens (primary N) is 1. The highest BCUT2D eigenvalue weighted by atomic mass is 35.5. The SMILES string of the molecule is Cn1nc(-c2cc(F)c(Cl)cc2F)cc1N. The van der Waals surface area contributed by atoms with Crippen molar-refractivity contribution in [1.82, 2.24) is 9.78 Å². The van der Waals surface area contributed by atoms with Crippen LogP contribution in [0.25, 0.3) is 11.3 Å². The summed E-state index contributed by atoms with van der Waals surface area (Å²) in [6.07, 6.45) is 0. The van der Waals surface area contributed by atoms with Crippen LogP contribution >= 0.6 is 11.6 Å². The Morgan fingerprint density at radius 2 is 1.94 bits per heavy atom. The minimum atomic E-state index is -0.692. The summed E-state index contributed by atoms with van der Waals surface area (Å²) in [5, 5.41) is 3.69. The second-order valence-corrected chi connectivity index (χ2v) is 3.73. The average molecular weight is 244 g/mol. The number of nitrogen functional groups attached to an aromatic ring is 1. The molecule has 1 heterocycles. The Bertz CT molecular complexity index is 532. The standard InChI is InChI=1S/C10H8ClF2N3/c1-16-10(14)4-9(15-16)5-2-8(13)6(11)3-7(5)12/h2-4H,14H2,1H3. The Kier molecular flexibility index (Phi) is 2.55. The van der Waals surface area contributed by atoms with Gasteiger partial charge in [0.2, 0.25) is 0 Å². The van der Waals surface area contributed by atoms with Crippen molar-refractivity contribution in [1.29, 1.82) is 0 Å². The molecule has 2 N–H and O–H groups in total. The second kappa shape index (κ2) is 3.75. The van der Waals surface area contributed by atoms with E-state index in [2.05, 4.69) is 5.10 Å². The number of rotatable bonds is 1. The molecule has 2 rings (SSSR count). The minimum absolute atomic E-state index is 0.0363. The molecule has 1 aromatic heterocycles. The Morgan fingerprint density at radius 3 is 2.50 bits per heavy atom. The Morgan fingerprint density at radius 1 is 1.25 bits per heavy atom. The van der Waals surface area contributed by atoms with Crippen molar-refractivity contribution >= 4 is 17.4 Å². The van der Waals surface area contributed by atoms with Crippen molar-refractivity contribution in [3.8, 4) is 11.3 Å². The molecule has 1 aromatic carbocycles. The Hall–Kier alpha value is -1.62. The molecule has 0 radical (unpaired) electrons. The molecule has 0 amide bonds. The van der Waals surface area contributed by atoms with Gasteiger partial charge >= 0.3 is 0 Å². The molecule has 0 saturated heterocycles. The third-order valence-electron chi connectivity index (χ3n) is 2.20. The van der Waals surface area contributed by atoms with Gasteiger partial charge in [-0.3, -0.25) is 4.68 Å². The Labute approximate surface area is 95.4 Å². The number of aromatic nitrogens is 2. The van der Waals surface area contributed by atoms with E-state index in [9.17, 15) is 8.78 Å². The fraction of sp³-hybridized carbons (Fsp3) is 0.100. The smallest absolute Gasteiger partial charge is 0.142 e. The second-order valence-electron chi connectivity index (χ2n) is 3.32. The van der Waals surface area contributed by atoms with E-state index in [0.29, 0.717) is 5.82 Å². The first-order valence-corrected chi connectivity index (χ1v) is 4.81. The lowest BCUT2D eigenvalue weighted by Crippen LogP contribution is -1.96. The predicted octanol–water partition coefficient (Wildman–Crippen LogP) is 2.60. The van der Waals surface area contributed by atoms with Crippen LogP contribution < -0.4 is 5.73 Å². The quantitative estimate of drug-likeness (QED) is 0.783. The summed E-state index contributed by atoms with van der Waals surface area (Å²) in [5.74, 6) is -0.962. The molecule has 6 heteroatoms. The average Bonchev–Trinajstić information content (AvgIpc) is 2.53. The van der Waals surface area contributed by atoms with Gasteiger partial charge in [0, 0.05) is 18.7 Å². The molecule has 0 fully saturated rings. The minimum Gasteiger partial charge on any atom is -0.384 e. The zero-order valence-electron chi connectivity index (χ0n) is 8.34. The van der Waals surface area contributed by atoms with Crippen molar-refractivity contribution in [2.75, 3.05) is 5.73 Å². The van der Waals surface area contributed by atoms with E-state index in [0.717, 1.165) is 12.1 Å². The van der Waals surface area contributed by atoms with E-state index < -0.39 is 11.6 Å². The number of benzene rings is 1. The summed E-state index contributed by atoms with van der Waals surface area (Å²) in [7, 11) is 1.61. The highest BCUT2D eigenvalue weighted by Gasteiger charge is 2.13. The largest absolute Gasteiger partial charge is 0.384 e. The zero-order chi connectivity index (χ0) is 11.9. The van der Waals surface area contributed by atoms with Gasteiger partial charge in [0.25, 0.3) is 0 Å². The van der Waals surface area contributed by atoms with Crippen molar-refractivity contribution in [2.45, 2.75) is 0 Å². The van der Waals surface area contributed by atoms with Crippen LogP contribution in [0.3, 0.4) is 0 Å². The van der Waals surface area contributed by atoms with E-state index in [1.54, 1.807) is 7.05 Å². The molecule has 0 aliphatic carbocycles. The zero-order valence-corrected chi connectivity index (χ0v) is 9.09. The molecule has 0 aliphatic rings. The van der Waals surface area contributed by atoms with Gasteiger partial charge in [-0.25, -0.2) is 8.78 Å². The van der Waals surface area contributed by atoms with Gasteiger partial charge in [0.05, 0.1) is 10.7 Å². The van der Waals surface area contributed by atoms with E-state index in [4.69, 9.17) is 17.3 Å². The van der Waals surface area contributed by atoms with Gasteiger partial charge in [-0.15, -0.1) is 0 Å². The topological polar surface area (TPSA) is 43.8 Å². The fourth-order valence-electron chi connectivity index (χ4n) is 1.33. The monoisotopic (exact) mass is 243 g/mol. The van der Waals surface area contributed by atoms with Crippen LogP contribution in [0.5, 0.6) is 0 Å². The molecule has 0 saturated carbocycles. The first kappa shape index (κ1) is 10.9. The van der Waals surface area contributed by atoms with Crippen LogP contribution in [-0.2, 0) is 7.05 Å². The van der Waals surface area contributed by atoms with Gasteiger partial charge in [0.15, 0.2) is 0 Å². The van der Waals surface area contributed by atoms with Gasteiger partial charge in [-0.05, 0) is 12.1 Å². The molecular formula is C10H8ClF2N3. The van der Waals surface area contributed by atoms with Crippen LogP contribution in [0.4, 0.5) is 14.6 Å². The highest BCUT2D eigenvalue weighted by molar-refractivity contribution is 6.30. The maximum atomic E-state index is 13.5. The molecule has 0 unspecified atom stereocenters. The summed E-state index contributed by atoms with van der Waals surface area (Å²) >= 11 is 5.44. The number of hydrogen-bond acceptors (Lipinski definition) is 2. The summed E-state index contributed by atoms with van der Waals surface area (Å²) < 4.78 is 28.1. The number of halogens is 3. The molecular weight excluding hydrogens is 236 g/mol. The molecule has 0 spiro atoms. The van der Waals surface area contributed by atoms with E-state index in [1.165, 1.54) is 10.7 Å². The maximum absolute atomic E-state index is 13.5. The fourth-order valence-corrected chi connectivity index (χ4v) is 1.48. The first-order valence-electron chi connectivity index (χ1n) is 4.43. The van der Waals surface area contributed by atoms with Gasteiger partial charge in [-0.2, -0.15) is 5.10 Å². The summed E-state index contributed by atoms with van der Waals surface area (Å²) in [6, 6.07) is 3.38. The van der Waals surface area contributed by atoms with Crippen LogP contribution in [0.1, 0.15) is 0 Å². The van der Waals surface area contributed by atoms with Crippen molar-refractivity contribution in [3.05, 3.63) is 34.9 Å². The molecule has 3 nitrogen and oxygen atoms in total. The van der Waals surface area contributed by atoms with Crippen molar-refractivity contribution in [3.63, 3.8) is 0 Å². The van der Waals surface area contributed by atoms with Crippen molar-refractivity contribution in [2.24, 2.45) is 7.05 Å². The van der Waals surface area contributed by atoms with Gasteiger partial charge < -0.3 is 5.73 Å². The third-order valence-corrected chi connectivity index (χ3v) is 2.49. The van der Waals surface area contributed by atoms with Crippen LogP contribution in [-0.4, -0.2) is 9.78 Å². The third kappa shape index (κ3) is 1.74. The molecule has 2 aromatic rings. The lowest BCUT2D eigenvalue weighted by Gasteiger charge is -2.01. The molecule has 16 heavy (non-hydrogen) atoms. The Balaban J connectivity index is 2.60. The van der Waals surface area contributed by atoms with Gasteiger partial charge in [-0.1, -0.05) is 11.6 Å². The van der Waals surface area contributed by atoms with E-state index in [-0.39, 0.29) is 16.3 Å². The van der Waals surface area contributed by atoms with Gasteiger partial charge in [0.1, 0.15) is 17.5 Å². The van der Waals surface area contributed by atoms with E-state index >= 15 is 0 Å². The van der Waals surface area contributed by atoms with Crippen LogP contribution in [0.15, 0.2) is 18.2 Å². The predicted molar refractivity (Wildman–Crippen MR) is 58.0 cm³/mol. The first-order chi connectivity index (χ1) is 7.49. The van der Waals surface area contributed by atoms with Crippen LogP contribution in [0, 0.1) is 11.6 Å². The van der Waals surface area contributed by atoms with Crippen LogP contribution in [0.2, 0.25) is 5.02 Å². The normalized spacial score (nSPS) is 10.8. The lowest BCUT2D eigenvalue weighted by atomic mass is 10.1. The summed E-state index contributed by atoms with van der Waals surface area (Å²) in [4.78, 5) is 0. The molecule has 0 bridgehead atoms.